The van der Waals surface area contributed by atoms with Crippen LogP contribution in [-0.2, 0) is 19.9 Å². The van der Waals surface area contributed by atoms with Gasteiger partial charge >= 0.3 is 0 Å². The fraction of sp³-hybridized carbons (Fsp3) is 0.333. The van der Waals surface area contributed by atoms with E-state index in [0.29, 0.717) is 0 Å². The van der Waals surface area contributed by atoms with Gasteiger partial charge in [0.05, 0.1) is 15.9 Å². The molecule has 2 aromatic rings. The van der Waals surface area contributed by atoms with Crippen LogP contribution < -0.4 is 0 Å². The quantitative estimate of drug-likeness (QED) is 0.830. The van der Waals surface area contributed by atoms with Crippen LogP contribution in [0, 0.1) is 0 Å². The lowest BCUT2D eigenvalue weighted by molar-refractivity contribution is 0.428. The van der Waals surface area contributed by atoms with Crippen LogP contribution in [0.2, 0.25) is 0 Å². The van der Waals surface area contributed by atoms with Crippen LogP contribution in [0.3, 0.4) is 0 Å². The third-order valence-corrected chi connectivity index (χ3v) is 9.10. The summed E-state index contributed by atoms with van der Waals surface area (Å²) in [7, 11) is -7.01. The van der Waals surface area contributed by atoms with Gasteiger partial charge in [0.1, 0.15) is 0 Å². The molecule has 1 aromatic carbocycles. The number of sulfonamides is 1. The first-order valence-electron chi connectivity index (χ1n) is 7.21. The third kappa shape index (κ3) is 3.35. The van der Waals surface area contributed by atoms with Gasteiger partial charge in [-0.25, -0.2) is 16.8 Å². The number of hydrogen-bond acceptors (Lipinski definition) is 5. The average Bonchev–Trinajstić information content (AvgIpc) is 2.99. The molecule has 5 nitrogen and oxygen atoms in total. The van der Waals surface area contributed by atoms with Crippen LogP contribution in [0.4, 0.5) is 0 Å². The molecule has 0 N–H and O–H groups in total. The predicted octanol–water partition coefficient (Wildman–Crippen LogP) is 2.30. The Morgan fingerprint density at radius 3 is 2.43 bits per heavy atom. The molecule has 1 fully saturated rings. The van der Waals surface area contributed by atoms with Crippen molar-refractivity contribution in [1.82, 2.24) is 4.31 Å². The fourth-order valence-corrected chi connectivity index (χ4v) is 7.30. The minimum Gasteiger partial charge on any atom is -0.228 e. The Morgan fingerprint density at radius 1 is 1.04 bits per heavy atom. The zero-order valence-corrected chi connectivity index (χ0v) is 14.8. The van der Waals surface area contributed by atoms with Gasteiger partial charge in [-0.05, 0) is 30.0 Å². The molecule has 0 spiro atoms. The molecule has 0 amide bonds. The summed E-state index contributed by atoms with van der Waals surface area (Å²) in [5.74, 6) is -0.151. The topological polar surface area (TPSA) is 71.5 Å². The van der Waals surface area contributed by atoms with Crippen molar-refractivity contribution in [2.75, 3.05) is 18.8 Å². The summed E-state index contributed by atoms with van der Waals surface area (Å²) in [5.41, 5.74) is 0. The number of sulfone groups is 1. The molecular weight excluding hydrogens is 354 g/mol. The number of hydrogen-bond donors (Lipinski definition) is 0. The first-order chi connectivity index (χ1) is 10.9. The molecule has 2 heterocycles. The van der Waals surface area contributed by atoms with Crippen molar-refractivity contribution in [2.24, 2.45) is 0 Å². The largest absolute Gasteiger partial charge is 0.243 e. The van der Waals surface area contributed by atoms with E-state index in [1.54, 1.807) is 24.3 Å². The first-order valence-corrected chi connectivity index (χ1v) is 11.2. The Kier molecular flexibility index (Phi) is 4.59. The van der Waals surface area contributed by atoms with Crippen molar-refractivity contribution >= 4 is 31.2 Å². The van der Waals surface area contributed by atoms with Crippen LogP contribution in [0.5, 0.6) is 0 Å². The van der Waals surface area contributed by atoms with E-state index in [2.05, 4.69) is 0 Å². The third-order valence-electron chi connectivity index (χ3n) is 3.94. The van der Waals surface area contributed by atoms with Crippen molar-refractivity contribution in [3.05, 3.63) is 52.7 Å². The highest BCUT2D eigenvalue weighted by atomic mass is 32.2. The minimum absolute atomic E-state index is 0.00142. The van der Waals surface area contributed by atoms with Gasteiger partial charge in [-0.3, -0.25) is 0 Å². The van der Waals surface area contributed by atoms with Crippen molar-refractivity contribution in [1.29, 1.82) is 0 Å². The van der Waals surface area contributed by atoms with E-state index >= 15 is 0 Å². The number of nitrogens with zero attached hydrogens (tertiary/aromatic N) is 1. The second-order valence-electron chi connectivity index (χ2n) is 5.38. The molecule has 8 heteroatoms. The highest BCUT2D eigenvalue weighted by Crippen LogP contribution is 2.33. The Bertz CT molecular complexity index is 859. The SMILES string of the molecule is O=S1(=O)CCN(S(=O)(=O)c2ccccc2)CCC1c1cccs1. The molecule has 1 aromatic heterocycles. The second-order valence-corrected chi connectivity index (χ2v) is 10.6. The lowest BCUT2D eigenvalue weighted by Gasteiger charge is -2.19. The summed E-state index contributed by atoms with van der Waals surface area (Å²) in [6.45, 7) is 0.209. The van der Waals surface area contributed by atoms with Crippen molar-refractivity contribution in [2.45, 2.75) is 16.6 Å². The summed E-state index contributed by atoms with van der Waals surface area (Å²) in [4.78, 5) is 0.982. The van der Waals surface area contributed by atoms with Gasteiger partial charge in [-0.1, -0.05) is 24.3 Å². The van der Waals surface area contributed by atoms with Gasteiger partial charge in [0.15, 0.2) is 9.84 Å². The lowest BCUT2D eigenvalue weighted by Crippen LogP contribution is -2.33. The van der Waals surface area contributed by atoms with Crippen LogP contribution in [0.25, 0.3) is 0 Å². The Labute approximate surface area is 140 Å². The number of rotatable bonds is 3. The van der Waals surface area contributed by atoms with Gasteiger partial charge in [-0.15, -0.1) is 11.3 Å². The smallest absolute Gasteiger partial charge is 0.228 e. The molecule has 23 heavy (non-hydrogen) atoms. The van der Waals surface area contributed by atoms with Crippen molar-refractivity contribution in [3.8, 4) is 0 Å². The molecule has 0 radical (unpaired) electrons. The predicted molar refractivity (Wildman–Crippen MR) is 90.7 cm³/mol. The first kappa shape index (κ1) is 16.6. The zero-order valence-electron chi connectivity index (χ0n) is 12.3. The second kappa shape index (κ2) is 6.35. The molecular formula is C15H17NO4S3. The highest BCUT2D eigenvalue weighted by molar-refractivity contribution is 7.92. The zero-order chi connectivity index (χ0) is 16.5. The van der Waals surface area contributed by atoms with E-state index in [9.17, 15) is 16.8 Å². The van der Waals surface area contributed by atoms with E-state index in [4.69, 9.17) is 0 Å². The van der Waals surface area contributed by atoms with E-state index in [0.717, 1.165) is 4.88 Å². The van der Waals surface area contributed by atoms with Gasteiger partial charge in [0.2, 0.25) is 10.0 Å². The number of thiophene rings is 1. The average molecular weight is 372 g/mol. The van der Waals surface area contributed by atoms with Crippen LogP contribution in [-0.4, -0.2) is 40.0 Å². The molecule has 0 saturated carbocycles. The monoisotopic (exact) mass is 371 g/mol. The molecule has 0 bridgehead atoms. The maximum absolute atomic E-state index is 12.7. The normalized spacial score (nSPS) is 22.5. The Morgan fingerprint density at radius 2 is 1.78 bits per heavy atom. The summed E-state index contributed by atoms with van der Waals surface area (Å²) >= 11 is 1.40. The standard InChI is InChI=1S/C15H17NO4S3/c17-22(18)12-10-16(9-8-15(22)14-7-4-11-21-14)23(19,20)13-5-2-1-3-6-13/h1-7,11,15H,8-10,12H2. The van der Waals surface area contributed by atoms with Crippen molar-refractivity contribution in [3.63, 3.8) is 0 Å². The lowest BCUT2D eigenvalue weighted by atomic mass is 10.2. The molecule has 1 unspecified atom stereocenters. The molecule has 1 aliphatic heterocycles. The van der Waals surface area contributed by atoms with E-state index in [1.165, 1.54) is 27.8 Å². The molecule has 124 valence electrons. The summed E-state index contributed by atoms with van der Waals surface area (Å²) in [5, 5.41) is 1.23. The molecule has 1 saturated heterocycles. The summed E-state index contributed by atoms with van der Waals surface area (Å²) < 4.78 is 51.6. The maximum Gasteiger partial charge on any atom is 0.243 e. The van der Waals surface area contributed by atoms with E-state index in [1.807, 2.05) is 11.4 Å². The van der Waals surface area contributed by atoms with Crippen LogP contribution in [0.1, 0.15) is 16.5 Å². The molecule has 3 rings (SSSR count). The van der Waals surface area contributed by atoms with Crippen molar-refractivity contribution < 1.29 is 16.8 Å². The summed E-state index contributed by atoms with van der Waals surface area (Å²) in [6, 6.07) is 11.8. The molecule has 1 atom stereocenters. The van der Waals surface area contributed by atoms with Gasteiger partial charge in [0, 0.05) is 18.0 Å². The molecule has 0 aliphatic carbocycles. The minimum atomic E-state index is -3.66. The number of benzene rings is 1. The Balaban J connectivity index is 1.89. The van der Waals surface area contributed by atoms with Crippen LogP contribution >= 0.6 is 11.3 Å². The Hall–Kier alpha value is -1.22. The summed E-state index contributed by atoms with van der Waals surface area (Å²) in [6.07, 6.45) is 0.287. The van der Waals surface area contributed by atoms with Gasteiger partial charge in [0.25, 0.3) is 0 Å². The van der Waals surface area contributed by atoms with E-state index < -0.39 is 25.1 Å². The van der Waals surface area contributed by atoms with Gasteiger partial charge < -0.3 is 0 Å². The fourth-order valence-electron chi connectivity index (χ4n) is 2.70. The molecule has 1 aliphatic rings. The maximum atomic E-state index is 12.7. The highest BCUT2D eigenvalue weighted by Gasteiger charge is 2.35. The van der Waals surface area contributed by atoms with Crippen LogP contribution in [0.15, 0.2) is 52.7 Å². The van der Waals surface area contributed by atoms with Gasteiger partial charge in [-0.2, -0.15) is 4.31 Å². The van der Waals surface area contributed by atoms with E-state index in [-0.39, 0.29) is 30.2 Å².